The molecule has 0 saturated carbocycles. The van der Waals surface area contributed by atoms with Crippen LogP contribution in [-0.4, -0.2) is 30.3 Å². The van der Waals surface area contributed by atoms with Crippen molar-refractivity contribution in [3.63, 3.8) is 0 Å². The lowest BCUT2D eigenvalue weighted by molar-refractivity contribution is -0.274. The van der Waals surface area contributed by atoms with Crippen LogP contribution in [-0.2, 0) is 16.2 Å². The molecule has 7 nitrogen and oxygen atoms in total. The molecule has 1 saturated heterocycles. The molecule has 1 heterocycles. The van der Waals surface area contributed by atoms with E-state index in [0.29, 0.717) is 29.2 Å². The molecule has 1 N–H and O–H groups in total. The summed E-state index contributed by atoms with van der Waals surface area (Å²) < 4.78 is 54.0. The minimum atomic E-state index is -4.96. The van der Waals surface area contributed by atoms with Crippen LogP contribution in [0.1, 0.15) is 28.3 Å². The van der Waals surface area contributed by atoms with E-state index in [-0.39, 0.29) is 16.8 Å². The van der Waals surface area contributed by atoms with E-state index in [9.17, 15) is 27.9 Å². The molecule has 43 heavy (non-hydrogen) atoms. The van der Waals surface area contributed by atoms with Crippen LogP contribution in [0, 0.1) is 6.92 Å². The topological polar surface area (TPSA) is 85.3 Å². The van der Waals surface area contributed by atoms with E-state index in [0.717, 1.165) is 22.6 Å². The maximum absolute atomic E-state index is 13.5. The van der Waals surface area contributed by atoms with Crippen molar-refractivity contribution in [3.8, 4) is 17.2 Å². The van der Waals surface area contributed by atoms with Crippen LogP contribution >= 0.6 is 0 Å². The molecule has 1 aliphatic rings. The van der Waals surface area contributed by atoms with Crippen LogP contribution < -0.4 is 19.1 Å². The smallest absolute Gasteiger partial charge is 0.507 e. The normalized spacial score (nSPS) is 16.3. The third kappa shape index (κ3) is 6.33. The molecule has 1 atom stereocenters. The predicted molar refractivity (Wildman–Crippen MR) is 153 cm³/mol. The summed E-state index contributed by atoms with van der Waals surface area (Å²) in [4.78, 5) is 27.9. The number of ether oxygens (including phenoxy) is 3. The zero-order valence-corrected chi connectivity index (χ0v) is 23.1. The zero-order chi connectivity index (χ0) is 30.7. The molecule has 1 amide bonds. The van der Waals surface area contributed by atoms with Gasteiger partial charge >= 0.3 is 6.36 Å². The summed E-state index contributed by atoms with van der Waals surface area (Å²) in [6.07, 6.45) is -4.96. The Labute approximate surface area is 245 Å². The highest BCUT2D eigenvalue weighted by molar-refractivity contribution is 6.51. The SMILES string of the molecule is COc1ccc(C2/C(=C(\O)c3ccc(OCc4ccccc4)c(C)c3)C(=O)C(=O)N2c2cccc(OC(F)(F)F)c2)cc1. The summed E-state index contributed by atoms with van der Waals surface area (Å²) in [5.41, 5.74) is 2.07. The predicted octanol–water partition coefficient (Wildman–Crippen LogP) is 7.11. The Morgan fingerprint density at radius 1 is 0.884 bits per heavy atom. The van der Waals surface area contributed by atoms with Crippen LogP contribution in [0.15, 0.2) is 103 Å². The van der Waals surface area contributed by atoms with Gasteiger partial charge in [0.2, 0.25) is 0 Å². The highest BCUT2D eigenvalue weighted by Gasteiger charge is 2.47. The largest absolute Gasteiger partial charge is 0.573 e. The minimum absolute atomic E-state index is 0.0236. The Morgan fingerprint density at radius 2 is 1.60 bits per heavy atom. The van der Waals surface area contributed by atoms with Gasteiger partial charge in [-0.05, 0) is 66.1 Å². The number of carbonyl (C=O) groups excluding carboxylic acids is 2. The lowest BCUT2D eigenvalue weighted by Crippen LogP contribution is -2.29. The standard InChI is InChI=1S/C33H26F3NO6/c1-20-17-23(13-16-27(20)42-19-21-7-4-3-5-8-21)30(38)28-29(22-11-14-25(41-2)15-12-22)37(32(40)31(28)39)24-9-6-10-26(18-24)43-33(34,35)36/h3-18,29,38H,19H2,1-2H3/b30-28+. The molecule has 0 spiro atoms. The van der Waals surface area contributed by atoms with E-state index >= 15 is 0 Å². The van der Waals surface area contributed by atoms with Gasteiger partial charge in [-0.2, -0.15) is 0 Å². The fraction of sp³-hybridized carbons (Fsp3) is 0.152. The number of carbonyl (C=O) groups is 2. The summed E-state index contributed by atoms with van der Waals surface area (Å²) >= 11 is 0. The first kappa shape index (κ1) is 29.2. The maximum atomic E-state index is 13.5. The number of methoxy groups -OCH3 is 1. The number of amides is 1. The molecule has 1 unspecified atom stereocenters. The molecular weight excluding hydrogens is 563 g/mol. The molecule has 4 aromatic rings. The second kappa shape index (κ2) is 11.9. The van der Waals surface area contributed by atoms with E-state index in [1.54, 1.807) is 49.4 Å². The molecule has 0 aromatic heterocycles. The number of hydrogen-bond donors (Lipinski definition) is 1. The molecule has 0 bridgehead atoms. The summed E-state index contributed by atoms with van der Waals surface area (Å²) in [5.74, 6) is -1.96. The average molecular weight is 590 g/mol. The number of aliphatic hydroxyl groups excluding tert-OH is 1. The van der Waals surface area contributed by atoms with Crippen LogP contribution in [0.3, 0.4) is 0 Å². The van der Waals surface area contributed by atoms with Crippen LogP contribution in [0.25, 0.3) is 5.76 Å². The second-order valence-electron chi connectivity index (χ2n) is 9.74. The number of rotatable bonds is 8. The second-order valence-corrected chi connectivity index (χ2v) is 9.74. The van der Waals surface area contributed by atoms with Gasteiger partial charge in [-0.25, -0.2) is 0 Å². The van der Waals surface area contributed by atoms with Crippen molar-refractivity contribution < 1.29 is 42.1 Å². The average Bonchev–Trinajstić information content (AvgIpc) is 3.25. The van der Waals surface area contributed by atoms with Crippen molar-refractivity contribution in [2.45, 2.75) is 25.9 Å². The highest BCUT2D eigenvalue weighted by Crippen LogP contribution is 2.43. The molecule has 4 aromatic carbocycles. The Hall–Kier alpha value is -5.25. The molecule has 220 valence electrons. The van der Waals surface area contributed by atoms with Gasteiger partial charge in [-0.1, -0.05) is 48.5 Å². The number of benzene rings is 4. The summed E-state index contributed by atoms with van der Waals surface area (Å²) in [7, 11) is 1.48. The number of alkyl halides is 3. The number of ketones is 1. The van der Waals surface area contributed by atoms with Gasteiger partial charge < -0.3 is 19.3 Å². The molecule has 0 aliphatic carbocycles. The van der Waals surface area contributed by atoms with Crippen LogP contribution in [0.2, 0.25) is 0 Å². The van der Waals surface area contributed by atoms with Gasteiger partial charge in [0, 0.05) is 17.3 Å². The van der Waals surface area contributed by atoms with Crippen molar-refractivity contribution in [2.24, 2.45) is 0 Å². The number of anilines is 1. The van der Waals surface area contributed by atoms with Gasteiger partial charge in [0.05, 0.1) is 18.7 Å². The van der Waals surface area contributed by atoms with Crippen molar-refractivity contribution in [3.05, 3.63) is 125 Å². The molecule has 0 radical (unpaired) electrons. The molecule has 1 fully saturated rings. The number of aryl methyl sites for hydroxylation is 1. The monoisotopic (exact) mass is 589 g/mol. The lowest BCUT2D eigenvalue weighted by atomic mass is 9.94. The van der Waals surface area contributed by atoms with Gasteiger partial charge in [0.25, 0.3) is 11.7 Å². The Kier molecular flexibility index (Phi) is 8.11. The van der Waals surface area contributed by atoms with Gasteiger partial charge in [-0.15, -0.1) is 13.2 Å². The Balaban J connectivity index is 1.56. The maximum Gasteiger partial charge on any atom is 0.573 e. The first-order valence-corrected chi connectivity index (χ1v) is 13.1. The van der Waals surface area contributed by atoms with Crippen LogP contribution in [0.5, 0.6) is 17.2 Å². The van der Waals surface area contributed by atoms with Gasteiger partial charge in [0.1, 0.15) is 29.6 Å². The van der Waals surface area contributed by atoms with E-state index in [4.69, 9.17) is 9.47 Å². The van der Waals surface area contributed by atoms with Crippen molar-refractivity contribution >= 4 is 23.1 Å². The summed E-state index contributed by atoms with van der Waals surface area (Å²) in [6.45, 7) is 2.11. The zero-order valence-electron chi connectivity index (χ0n) is 23.1. The fourth-order valence-corrected chi connectivity index (χ4v) is 4.88. The molecular formula is C33H26F3NO6. The van der Waals surface area contributed by atoms with E-state index in [2.05, 4.69) is 4.74 Å². The third-order valence-corrected chi connectivity index (χ3v) is 6.89. The minimum Gasteiger partial charge on any atom is -0.507 e. The quantitative estimate of drug-likeness (QED) is 0.134. The van der Waals surface area contributed by atoms with Crippen molar-refractivity contribution in [1.29, 1.82) is 0 Å². The van der Waals surface area contributed by atoms with Gasteiger partial charge in [0.15, 0.2) is 0 Å². The fourth-order valence-electron chi connectivity index (χ4n) is 4.88. The summed E-state index contributed by atoms with van der Waals surface area (Å²) in [6, 6.07) is 24.5. The number of halogens is 3. The van der Waals surface area contributed by atoms with Gasteiger partial charge in [-0.3, -0.25) is 14.5 Å². The lowest BCUT2D eigenvalue weighted by Gasteiger charge is -2.26. The van der Waals surface area contributed by atoms with E-state index in [1.807, 2.05) is 30.3 Å². The number of Topliss-reactive ketones (excluding diaryl/α,β-unsaturated/α-hetero) is 1. The summed E-state index contributed by atoms with van der Waals surface area (Å²) in [5, 5.41) is 11.5. The molecule has 1 aliphatic heterocycles. The highest BCUT2D eigenvalue weighted by atomic mass is 19.4. The third-order valence-electron chi connectivity index (χ3n) is 6.89. The van der Waals surface area contributed by atoms with E-state index < -0.39 is 35.6 Å². The molecule has 10 heteroatoms. The number of aliphatic hydroxyl groups is 1. The Bertz CT molecular complexity index is 1680. The van der Waals surface area contributed by atoms with Crippen molar-refractivity contribution in [2.75, 3.05) is 12.0 Å². The first-order chi connectivity index (χ1) is 20.6. The molecule has 5 rings (SSSR count). The first-order valence-electron chi connectivity index (χ1n) is 13.1. The Morgan fingerprint density at radius 3 is 2.26 bits per heavy atom. The number of nitrogens with zero attached hydrogens (tertiary/aromatic N) is 1. The van der Waals surface area contributed by atoms with Crippen molar-refractivity contribution in [1.82, 2.24) is 0 Å². The number of hydrogen-bond acceptors (Lipinski definition) is 6. The van der Waals surface area contributed by atoms with Crippen LogP contribution in [0.4, 0.5) is 18.9 Å². The van der Waals surface area contributed by atoms with E-state index in [1.165, 1.54) is 19.2 Å².